The molecule has 3 rings (SSSR count). The summed E-state index contributed by atoms with van der Waals surface area (Å²) in [5.41, 5.74) is 5.65. The Bertz CT molecular complexity index is 696. The first kappa shape index (κ1) is 13.1. The van der Waals surface area contributed by atoms with Gasteiger partial charge in [0.15, 0.2) is 11.7 Å². The van der Waals surface area contributed by atoms with Crippen molar-refractivity contribution in [3.05, 3.63) is 22.6 Å². The molecule has 2 aromatic heterocycles. The smallest absolute Gasteiger partial charge is 0.211 e. The maximum atomic E-state index is 11.7. The van der Waals surface area contributed by atoms with Gasteiger partial charge in [-0.05, 0) is 0 Å². The molecule has 2 unspecified atom stereocenters. The molecular formula is C11H14N4O5. The summed E-state index contributed by atoms with van der Waals surface area (Å²) < 4.78 is 6.75. The van der Waals surface area contributed by atoms with Crippen LogP contribution in [0.4, 0.5) is 5.82 Å². The van der Waals surface area contributed by atoms with Crippen LogP contribution in [0.3, 0.4) is 0 Å². The molecule has 1 saturated heterocycles. The van der Waals surface area contributed by atoms with Crippen LogP contribution in [-0.2, 0) is 4.74 Å². The SMILES string of the molecule is Nc1cc(=O)c2ncn([C@@H]3O[C@H](CO)C(O)C3O)c2[nH]1. The topological polar surface area (TPSA) is 147 Å². The zero-order chi connectivity index (χ0) is 14.4. The van der Waals surface area contributed by atoms with E-state index in [-0.39, 0.29) is 22.4 Å². The highest BCUT2D eigenvalue weighted by Gasteiger charge is 2.43. The largest absolute Gasteiger partial charge is 0.394 e. The Hall–Kier alpha value is -1.94. The summed E-state index contributed by atoms with van der Waals surface area (Å²) in [6.45, 7) is -0.431. The predicted molar refractivity (Wildman–Crippen MR) is 67.8 cm³/mol. The summed E-state index contributed by atoms with van der Waals surface area (Å²) in [6, 6.07) is 1.21. The standard InChI is InChI=1S/C11H14N4O5/c12-6-1-4(17)7-10(14-6)15(3-13-7)11-9(19)8(18)5(2-16)20-11/h1,3,5,8-9,11,16,18-19H,2H2,(H3,12,14,17)/t5-,8?,9?,11-/m1/s1. The van der Waals surface area contributed by atoms with Crippen LogP contribution >= 0.6 is 0 Å². The van der Waals surface area contributed by atoms with Gasteiger partial charge in [0.25, 0.3) is 0 Å². The summed E-state index contributed by atoms with van der Waals surface area (Å²) in [5, 5.41) is 28.8. The van der Waals surface area contributed by atoms with E-state index < -0.39 is 31.1 Å². The molecule has 108 valence electrons. The third kappa shape index (κ3) is 1.79. The summed E-state index contributed by atoms with van der Waals surface area (Å²) in [7, 11) is 0. The summed E-state index contributed by atoms with van der Waals surface area (Å²) in [6.07, 6.45) is -3.04. The molecule has 1 fully saturated rings. The zero-order valence-corrected chi connectivity index (χ0v) is 10.3. The number of aliphatic hydroxyl groups excluding tert-OH is 3. The molecule has 0 radical (unpaired) electrons. The molecule has 0 aromatic carbocycles. The van der Waals surface area contributed by atoms with Gasteiger partial charge in [0.05, 0.1) is 12.9 Å². The number of nitrogens with zero attached hydrogens (tertiary/aromatic N) is 2. The van der Waals surface area contributed by atoms with Crippen LogP contribution in [-0.4, -0.2) is 54.8 Å². The number of hydrogen-bond acceptors (Lipinski definition) is 7. The van der Waals surface area contributed by atoms with E-state index in [0.717, 1.165) is 0 Å². The van der Waals surface area contributed by atoms with E-state index in [1.165, 1.54) is 17.0 Å². The quantitative estimate of drug-likeness (QED) is 0.424. The molecule has 0 bridgehead atoms. The molecule has 0 aliphatic carbocycles. The molecule has 4 atom stereocenters. The van der Waals surface area contributed by atoms with E-state index in [1.807, 2.05) is 0 Å². The number of aromatic nitrogens is 3. The maximum Gasteiger partial charge on any atom is 0.211 e. The van der Waals surface area contributed by atoms with Crippen LogP contribution in [0.1, 0.15) is 6.23 Å². The van der Waals surface area contributed by atoms with Crippen LogP contribution in [0.2, 0.25) is 0 Å². The molecule has 1 aliphatic heterocycles. The molecule has 20 heavy (non-hydrogen) atoms. The molecule has 1 aliphatic rings. The molecule has 0 saturated carbocycles. The Morgan fingerprint density at radius 1 is 1.45 bits per heavy atom. The van der Waals surface area contributed by atoms with Gasteiger partial charge < -0.3 is 30.8 Å². The summed E-state index contributed by atoms with van der Waals surface area (Å²) in [4.78, 5) is 18.4. The molecular weight excluding hydrogens is 268 g/mol. The normalized spacial score (nSPS) is 30.1. The van der Waals surface area contributed by atoms with Crippen molar-refractivity contribution in [3.63, 3.8) is 0 Å². The fourth-order valence-corrected chi connectivity index (χ4v) is 2.35. The third-order valence-electron chi connectivity index (χ3n) is 3.37. The Kier molecular flexibility index (Phi) is 2.98. The Morgan fingerprint density at radius 3 is 2.85 bits per heavy atom. The molecule has 0 spiro atoms. The van der Waals surface area contributed by atoms with Gasteiger partial charge in [-0.3, -0.25) is 9.36 Å². The minimum atomic E-state index is -1.26. The zero-order valence-electron chi connectivity index (χ0n) is 10.3. The summed E-state index contributed by atoms with van der Waals surface area (Å²) >= 11 is 0. The second-order valence-corrected chi connectivity index (χ2v) is 4.67. The number of rotatable bonds is 2. The number of aliphatic hydroxyl groups is 3. The van der Waals surface area contributed by atoms with Crippen LogP contribution < -0.4 is 11.2 Å². The average Bonchev–Trinajstić information content (AvgIpc) is 2.93. The molecule has 6 N–H and O–H groups in total. The number of anilines is 1. The second-order valence-electron chi connectivity index (χ2n) is 4.67. The summed E-state index contributed by atoms with van der Waals surface area (Å²) in [5.74, 6) is 0.149. The first-order valence-corrected chi connectivity index (χ1v) is 6.00. The van der Waals surface area contributed by atoms with Crippen LogP contribution in [0.5, 0.6) is 0 Å². The lowest BCUT2D eigenvalue weighted by atomic mass is 10.1. The van der Waals surface area contributed by atoms with Crippen molar-refractivity contribution < 1.29 is 20.1 Å². The lowest BCUT2D eigenvalue weighted by Gasteiger charge is -2.16. The number of ether oxygens (including phenoxy) is 1. The van der Waals surface area contributed by atoms with Crippen molar-refractivity contribution >= 4 is 17.0 Å². The molecule has 9 heteroatoms. The Morgan fingerprint density at radius 2 is 2.20 bits per heavy atom. The minimum absolute atomic E-state index is 0.149. The average molecular weight is 282 g/mol. The van der Waals surface area contributed by atoms with Crippen molar-refractivity contribution in [2.45, 2.75) is 24.5 Å². The van der Waals surface area contributed by atoms with Gasteiger partial charge in [0.1, 0.15) is 29.8 Å². The first-order chi connectivity index (χ1) is 9.52. The van der Waals surface area contributed by atoms with Crippen molar-refractivity contribution in [2.24, 2.45) is 0 Å². The number of nitrogens with one attached hydrogen (secondary N) is 1. The number of pyridine rings is 1. The van der Waals surface area contributed by atoms with Gasteiger partial charge in [-0.15, -0.1) is 0 Å². The highest BCUT2D eigenvalue weighted by molar-refractivity contribution is 5.72. The van der Waals surface area contributed by atoms with Crippen molar-refractivity contribution in [1.82, 2.24) is 14.5 Å². The van der Waals surface area contributed by atoms with E-state index in [2.05, 4.69) is 9.97 Å². The van der Waals surface area contributed by atoms with Crippen molar-refractivity contribution in [1.29, 1.82) is 0 Å². The fraction of sp³-hybridized carbons (Fsp3) is 0.455. The van der Waals surface area contributed by atoms with E-state index >= 15 is 0 Å². The number of hydrogen-bond donors (Lipinski definition) is 5. The van der Waals surface area contributed by atoms with Gasteiger partial charge in [0.2, 0.25) is 5.43 Å². The first-order valence-electron chi connectivity index (χ1n) is 6.00. The van der Waals surface area contributed by atoms with Gasteiger partial charge >= 0.3 is 0 Å². The van der Waals surface area contributed by atoms with Crippen molar-refractivity contribution in [2.75, 3.05) is 12.3 Å². The fourth-order valence-electron chi connectivity index (χ4n) is 2.35. The lowest BCUT2D eigenvalue weighted by molar-refractivity contribution is -0.0511. The maximum absolute atomic E-state index is 11.7. The number of H-pyrrole nitrogens is 1. The monoisotopic (exact) mass is 282 g/mol. The minimum Gasteiger partial charge on any atom is -0.394 e. The highest BCUT2D eigenvalue weighted by atomic mass is 16.6. The van der Waals surface area contributed by atoms with Gasteiger partial charge in [-0.2, -0.15) is 0 Å². The van der Waals surface area contributed by atoms with Crippen LogP contribution in [0, 0.1) is 0 Å². The van der Waals surface area contributed by atoms with Crippen LogP contribution in [0.25, 0.3) is 11.2 Å². The van der Waals surface area contributed by atoms with E-state index in [0.29, 0.717) is 0 Å². The molecule has 3 heterocycles. The van der Waals surface area contributed by atoms with Crippen LogP contribution in [0.15, 0.2) is 17.2 Å². The van der Waals surface area contributed by atoms with Gasteiger partial charge in [0, 0.05) is 6.07 Å². The third-order valence-corrected chi connectivity index (χ3v) is 3.37. The molecule has 2 aromatic rings. The number of nitrogens with two attached hydrogens (primary N) is 1. The van der Waals surface area contributed by atoms with E-state index in [9.17, 15) is 15.0 Å². The molecule has 0 amide bonds. The Balaban J connectivity index is 2.09. The van der Waals surface area contributed by atoms with E-state index in [4.69, 9.17) is 15.6 Å². The van der Waals surface area contributed by atoms with Gasteiger partial charge in [-0.25, -0.2) is 4.98 Å². The molecule has 9 nitrogen and oxygen atoms in total. The lowest BCUT2D eigenvalue weighted by Crippen LogP contribution is -2.33. The predicted octanol–water partition coefficient (Wildman–Crippen LogP) is -2.08. The van der Waals surface area contributed by atoms with Gasteiger partial charge in [-0.1, -0.05) is 0 Å². The number of fused-ring (bicyclic) bond motifs is 1. The highest BCUT2D eigenvalue weighted by Crippen LogP contribution is 2.30. The van der Waals surface area contributed by atoms with Crippen molar-refractivity contribution in [3.8, 4) is 0 Å². The number of aromatic amines is 1. The second kappa shape index (κ2) is 4.56. The Labute approximate surface area is 112 Å². The number of imidazole rings is 1. The van der Waals surface area contributed by atoms with E-state index in [1.54, 1.807) is 0 Å². The number of nitrogen functional groups attached to an aromatic ring is 1.